The highest BCUT2D eigenvalue weighted by Crippen LogP contribution is 2.43. The van der Waals surface area contributed by atoms with Crippen LogP contribution in [0.2, 0.25) is 0 Å². The number of fused-ring (bicyclic) bond motifs is 1. The third kappa shape index (κ3) is 8.04. The fourth-order valence-corrected chi connectivity index (χ4v) is 8.84. The molecule has 4 aliphatic heterocycles. The number of quaternary nitrogens is 1. The summed E-state index contributed by atoms with van der Waals surface area (Å²) in [5.74, 6) is -1.83. The SMILES string of the molecule is Nc1c(C(F)(F)F)cc(C[C@@H](CC(=O)N2CCC(N3CCc4ccccc4NC3=O)CC2)C(=O)[N+]2(C3CCNCC3)CCCCC2)cc1C(F)(F)F. The first-order chi connectivity index (χ1) is 24.7. The summed E-state index contributed by atoms with van der Waals surface area (Å²) >= 11 is 0. The van der Waals surface area contributed by atoms with Crippen LogP contribution in [0.15, 0.2) is 36.4 Å². The van der Waals surface area contributed by atoms with E-state index in [0.717, 1.165) is 30.5 Å². The predicted molar refractivity (Wildman–Crippen MR) is 183 cm³/mol. The predicted octanol–water partition coefficient (Wildman–Crippen LogP) is 6.22. The Bertz CT molecular complexity index is 1590. The number of hydrogen-bond donors (Lipinski definition) is 3. The molecule has 0 aliphatic carbocycles. The summed E-state index contributed by atoms with van der Waals surface area (Å²) in [6.07, 6.45) is -5.64. The van der Waals surface area contributed by atoms with Crippen LogP contribution >= 0.6 is 0 Å². The number of hydrogen-bond acceptors (Lipinski definition) is 5. The Kier molecular flexibility index (Phi) is 11.1. The first-order valence-electron chi connectivity index (χ1n) is 18.3. The number of nitrogens with zero attached hydrogens (tertiary/aromatic N) is 3. The molecule has 52 heavy (non-hydrogen) atoms. The number of amides is 4. The van der Waals surface area contributed by atoms with Crippen molar-refractivity contribution in [2.75, 3.05) is 56.9 Å². The number of urea groups is 1. The van der Waals surface area contributed by atoms with Gasteiger partial charge in [-0.3, -0.25) is 9.28 Å². The number of nitrogen functional groups attached to an aromatic ring is 1. The molecule has 15 heteroatoms. The van der Waals surface area contributed by atoms with Crippen LogP contribution in [0, 0.1) is 5.92 Å². The molecular weight excluding hydrogens is 690 g/mol. The van der Waals surface area contributed by atoms with Gasteiger partial charge in [0, 0.05) is 63.7 Å². The highest BCUT2D eigenvalue weighted by molar-refractivity contribution is 5.91. The second kappa shape index (κ2) is 15.2. The summed E-state index contributed by atoms with van der Waals surface area (Å²) < 4.78 is 84.1. The number of nitrogens with one attached hydrogen (secondary N) is 2. The van der Waals surface area contributed by atoms with Crippen LogP contribution in [0.1, 0.15) is 73.6 Å². The smallest absolute Gasteiger partial charge is 0.398 e. The van der Waals surface area contributed by atoms with Crippen LogP contribution in [0.25, 0.3) is 0 Å². The molecule has 2 aromatic carbocycles. The quantitative estimate of drug-likeness (QED) is 0.178. The van der Waals surface area contributed by atoms with Gasteiger partial charge in [-0.05, 0) is 74.3 Å². The van der Waals surface area contributed by atoms with E-state index in [1.165, 1.54) is 0 Å². The number of carbonyl (C=O) groups is 3. The molecule has 0 saturated carbocycles. The summed E-state index contributed by atoms with van der Waals surface area (Å²) in [6.45, 7) is 3.53. The fourth-order valence-electron chi connectivity index (χ4n) is 8.84. The van der Waals surface area contributed by atoms with E-state index in [2.05, 4.69) is 10.6 Å². The van der Waals surface area contributed by atoms with Gasteiger partial charge >= 0.3 is 24.3 Å². The minimum absolute atomic E-state index is 0.0591. The van der Waals surface area contributed by atoms with E-state index in [-0.39, 0.29) is 46.4 Å². The maximum atomic E-state index is 14.9. The van der Waals surface area contributed by atoms with Crippen molar-refractivity contribution in [3.63, 3.8) is 0 Å². The number of alkyl halides is 6. The molecule has 4 amide bonds. The second-order valence-corrected chi connectivity index (χ2v) is 14.7. The standard InChI is InChI=1S/C37H46F6N6O3/c38-36(39,40)29-21-24(22-30(33(29)44)37(41,42)43)20-26(34(51)49(18-4-1-5-19-49)28-8-13-45-14-9-28)23-32(50)47-15-11-27(12-16-47)48-17-10-25-6-2-3-7-31(25)46-35(48)52/h2-3,6-7,21-22,26-28,45H,1,4-5,8-20,23,44H2/p+1/t26-/m0/s1. The number of anilines is 2. The molecule has 0 spiro atoms. The maximum Gasteiger partial charge on any atom is 0.418 e. The Balaban J connectivity index is 1.25. The minimum atomic E-state index is -5.16. The van der Waals surface area contributed by atoms with Crippen molar-refractivity contribution in [2.45, 2.75) is 88.6 Å². The Morgan fingerprint density at radius 3 is 2.12 bits per heavy atom. The Hall–Kier alpha value is -3.85. The first-order valence-corrected chi connectivity index (χ1v) is 18.3. The largest absolute Gasteiger partial charge is 0.418 e. The van der Waals surface area contributed by atoms with Crippen LogP contribution in [-0.4, -0.2) is 90.0 Å². The number of halogens is 6. The van der Waals surface area contributed by atoms with Gasteiger partial charge < -0.3 is 26.2 Å². The van der Waals surface area contributed by atoms with Gasteiger partial charge in [0.25, 0.3) is 0 Å². The van der Waals surface area contributed by atoms with Crippen LogP contribution in [0.3, 0.4) is 0 Å². The van der Waals surface area contributed by atoms with Gasteiger partial charge in [-0.2, -0.15) is 26.3 Å². The molecule has 9 nitrogen and oxygen atoms in total. The summed E-state index contributed by atoms with van der Waals surface area (Å²) in [5, 5.41) is 6.27. The van der Waals surface area contributed by atoms with Crippen molar-refractivity contribution in [1.82, 2.24) is 15.1 Å². The van der Waals surface area contributed by atoms with Gasteiger partial charge in [0.2, 0.25) is 5.91 Å². The number of benzene rings is 2. The lowest BCUT2D eigenvalue weighted by molar-refractivity contribution is -0.887. The molecule has 0 aromatic heterocycles. The lowest BCUT2D eigenvalue weighted by Crippen LogP contribution is -2.65. The zero-order valence-corrected chi connectivity index (χ0v) is 29.1. The van der Waals surface area contributed by atoms with Gasteiger partial charge in [0.1, 0.15) is 0 Å². The van der Waals surface area contributed by atoms with E-state index < -0.39 is 41.5 Å². The number of para-hydroxylation sites is 1. The van der Waals surface area contributed by atoms with Crippen LogP contribution in [-0.2, 0) is 34.8 Å². The Morgan fingerprint density at radius 2 is 1.50 bits per heavy atom. The first kappa shape index (κ1) is 37.9. The third-order valence-corrected chi connectivity index (χ3v) is 11.6. The molecular formula is C37H47F6N6O3+. The highest BCUT2D eigenvalue weighted by Gasteiger charge is 2.49. The van der Waals surface area contributed by atoms with Gasteiger partial charge in [0.15, 0.2) is 0 Å². The number of rotatable bonds is 7. The lowest BCUT2D eigenvalue weighted by atomic mass is 9.87. The monoisotopic (exact) mass is 737 g/mol. The van der Waals surface area contributed by atoms with E-state index in [4.69, 9.17) is 5.73 Å². The van der Waals surface area contributed by atoms with Crippen molar-refractivity contribution in [3.05, 3.63) is 58.7 Å². The molecule has 4 aliphatic rings. The molecule has 2 aromatic rings. The molecule has 0 unspecified atom stereocenters. The van der Waals surface area contributed by atoms with Gasteiger partial charge in [-0.25, -0.2) is 9.59 Å². The zero-order valence-electron chi connectivity index (χ0n) is 29.1. The lowest BCUT2D eigenvalue weighted by Gasteiger charge is -2.48. The fraction of sp³-hybridized carbons (Fsp3) is 0.595. The summed E-state index contributed by atoms with van der Waals surface area (Å²) in [7, 11) is 0. The maximum absolute atomic E-state index is 14.9. The van der Waals surface area contributed by atoms with E-state index in [1.807, 2.05) is 24.3 Å². The summed E-state index contributed by atoms with van der Waals surface area (Å²) in [5.41, 5.74) is 2.25. The second-order valence-electron chi connectivity index (χ2n) is 14.7. The van der Waals surface area contributed by atoms with Crippen molar-refractivity contribution in [3.8, 4) is 0 Å². The van der Waals surface area contributed by atoms with Gasteiger partial charge in [0.05, 0.1) is 41.9 Å². The van der Waals surface area contributed by atoms with E-state index >= 15 is 0 Å². The molecule has 284 valence electrons. The van der Waals surface area contributed by atoms with Crippen molar-refractivity contribution in [1.29, 1.82) is 0 Å². The zero-order chi connectivity index (χ0) is 37.3. The number of piperidine rings is 3. The Morgan fingerprint density at radius 1 is 0.885 bits per heavy atom. The van der Waals surface area contributed by atoms with E-state index in [1.54, 1.807) is 9.80 Å². The van der Waals surface area contributed by atoms with Gasteiger partial charge in [-0.1, -0.05) is 18.2 Å². The number of carbonyl (C=O) groups excluding carboxylic acids is 3. The van der Waals surface area contributed by atoms with Crippen molar-refractivity contribution >= 4 is 29.2 Å². The summed E-state index contributed by atoms with van der Waals surface area (Å²) in [6, 6.07) is 8.39. The molecule has 0 bridgehead atoms. The van der Waals surface area contributed by atoms with Gasteiger partial charge in [-0.15, -0.1) is 0 Å². The average molecular weight is 738 g/mol. The molecule has 3 saturated heterocycles. The van der Waals surface area contributed by atoms with Crippen molar-refractivity contribution < 1.29 is 45.2 Å². The average Bonchev–Trinajstić information content (AvgIpc) is 3.29. The van der Waals surface area contributed by atoms with Crippen LogP contribution in [0.4, 0.5) is 42.5 Å². The van der Waals surface area contributed by atoms with E-state index in [0.29, 0.717) is 90.1 Å². The van der Waals surface area contributed by atoms with Crippen LogP contribution < -0.4 is 16.4 Å². The minimum Gasteiger partial charge on any atom is -0.398 e. The molecule has 4 N–H and O–H groups in total. The molecule has 6 rings (SSSR count). The van der Waals surface area contributed by atoms with Crippen LogP contribution in [0.5, 0.6) is 0 Å². The molecule has 0 radical (unpaired) electrons. The molecule has 1 atom stereocenters. The molecule has 4 heterocycles. The number of nitrogens with two attached hydrogens (primary N) is 1. The highest BCUT2D eigenvalue weighted by atomic mass is 19.4. The van der Waals surface area contributed by atoms with E-state index in [9.17, 15) is 40.7 Å². The summed E-state index contributed by atoms with van der Waals surface area (Å²) in [4.78, 5) is 45.4. The normalized spacial score (nSPS) is 21.2. The number of likely N-dealkylation sites (tertiary alicyclic amines) is 2. The molecule has 3 fully saturated rings. The third-order valence-electron chi connectivity index (χ3n) is 11.6. The topological polar surface area (TPSA) is 108 Å². The Labute approximate surface area is 299 Å². The van der Waals surface area contributed by atoms with Crippen molar-refractivity contribution in [2.24, 2.45) is 5.92 Å².